The quantitative estimate of drug-likeness (QED) is 0.488. The largest absolute Gasteiger partial charge is 0.477 e. The number of hydrogen-bond acceptors (Lipinski definition) is 6. The van der Waals surface area contributed by atoms with Crippen molar-refractivity contribution in [2.45, 2.75) is 33.4 Å². The number of amides is 2. The van der Waals surface area contributed by atoms with E-state index in [9.17, 15) is 14.7 Å². The van der Waals surface area contributed by atoms with Crippen LogP contribution in [-0.2, 0) is 6.61 Å². The van der Waals surface area contributed by atoms with Crippen molar-refractivity contribution < 1.29 is 19.4 Å². The van der Waals surface area contributed by atoms with Crippen LogP contribution in [-0.4, -0.2) is 40.6 Å². The number of nitrogens with zero attached hydrogens (tertiary/aromatic N) is 1. The maximum atomic E-state index is 11.9. The smallest absolute Gasteiger partial charge is 0.344 e. The van der Waals surface area contributed by atoms with E-state index in [0.717, 1.165) is 22.7 Å². The summed E-state index contributed by atoms with van der Waals surface area (Å²) in [5, 5.41) is 17.9. The summed E-state index contributed by atoms with van der Waals surface area (Å²) in [4.78, 5) is 23.5. The lowest BCUT2D eigenvalue weighted by molar-refractivity contribution is 0.0693. The van der Waals surface area contributed by atoms with Crippen LogP contribution in [0.15, 0.2) is 24.3 Å². The molecule has 8 nitrogen and oxygen atoms in total. The topological polar surface area (TPSA) is 113 Å². The lowest BCUT2D eigenvalue weighted by Crippen LogP contribution is -2.36. The second kappa shape index (κ2) is 9.89. The zero-order valence-electron chi connectivity index (χ0n) is 15.5. The van der Waals surface area contributed by atoms with Gasteiger partial charge in [0.25, 0.3) is 0 Å². The van der Waals surface area contributed by atoms with Gasteiger partial charge in [-0.2, -0.15) is 4.37 Å². The molecule has 0 atom stereocenters. The molecule has 4 N–H and O–H groups in total. The summed E-state index contributed by atoms with van der Waals surface area (Å²) in [5.74, 6) is -1.22. The van der Waals surface area contributed by atoms with E-state index in [2.05, 4.69) is 20.3 Å². The molecule has 1 aromatic carbocycles. The highest BCUT2D eigenvalue weighted by molar-refractivity contribution is 7.11. The van der Waals surface area contributed by atoms with E-state index in [4.69, 9.17) is 4.74 Å². The summed E-state index contributed by atoms with van der Waals surface area (Å²) in [5.41, 5.74) is 1.87. The number of carboxylic acids is 1. The van der Waals surface area contributed by atoms with Gasteiger partial charge in [-0.3, -0.25) is 5.32 Å². The van der Waals surface area contributed by atoms with Crippen molar-refractivity contribution in [1.82, 2.24) is 15.0 Å². The van der Waals surface area contributed by atoms with Crippen molar-refractivity contribution in [3.05, 3.63) is 41.0 Å². The maximum absolute atomic E-state index is 11.9. The third-order valence-electron chi connectivity index (χ3n) is 3.56. The van der Waals surface area contributed by atoms with Crippen LogP contribution in [0.2, 0.25) is 0 Å². The normalized spacial score (nSPS) is 10.7. The zero-order chi connectivity index (χ0) is 19.8. The number of aromatic nitrogens is 1. The average Bonchev–Trinajstić information content (AvgIpc) is 3.01. The maximum Gasteiger partial charge on any atom is 0.344 e. The van der Waals surface area contributed by atoms with Crippen LogP contribution in [0.4, 0.5) is 9.80 Å². The Hall–Kier alpha value is -2.65. The molecule has 146 valence electrons. The van der Waals surface area contributed by atoms with Crippen molar-refractivity contribution in [1.29, 1.82) is 0 Å². The van der Waals surface area contributed by atoms with Crippen molar-refractivity contribution in [3.63, 3.8) is 0 Å². The fourth-order valence-electron chi connectivity index (χ4n) is 2.17. The first-order valence-corrected chi connectivity index (χ1v) is 9.33. The molecule has 0 saturated heterocycles. The van der Waals surface area contributed by atoms with Crippen LogP contribution in [0.3, 0.4) is 0 Å². The Morgan fingerprint density at radius 3 is 2.56 bits per heavy atom. The van der Waals surface area contributed by atoms with E-state index in [1.165, 1.54) is 0 Å². The molecule has 0 bridgehead atoms. The van der Waals surface area contributed by atoms with E-state index in [0.29, 0.717) is 19.1 Å². The predicted molar refractivity (Wildman–Crippen MR) is 105 cm³/mol. The second-order valence-electron chi connectivity index (χ2n) is 6.26. The number of ether oxygens (including phenoxy) is 1. The van der Waals surface area contributed by atoms with Crippen molar-refractivity contribution in [2.75, 3.05) is 18.4 Å². The number of aromatic carboxylic acids is 1. The molecule has 1 heterocycles. The molecule has 0 saturated carbocycles. The standard InChI is InChI=1S/C18H24N4O4S/c1-11(2)19-8-9-20-18(25)21-16-14(17(23)24)15(22-27-16)26-10-13-6-4-12(3)5-7-13/h4-7,11,19H,8-10H2,1-3H3,(H,23,24)(H2,20,21,25). The molecule has 2 aromatic rings. The van der Waals surface area contributed by atoms with Gasteiger partial charge in [0.05, 0.1) is 0 Å². The van der Waals surface area contributed by atoms with Gasteiger partial charge in [0.15, 0.2) is 5.56 Å². The minimum atomic E-state index is -1.21. The first kappa shape index (κ1) is 20.7. The highest BCUT2D eigenvalue weighted by Crippen LogP contribution is 2.31. The molecule has 2 amide bonds. The Balaban J connectivity index is 1.96. The zero-order valence-corrected chi connectivity index (χ0v) is 16.4. The third-order valence-corrected chi connectivity index (χ3v) is 4.31. The summed E-state index contributed by atoms with van der Waals surface area (Å²) < 4.78 is 9.57. The Morgan fingerprint density at radius 1 is 1.22 bits per heavy atom. The summed E-state index contributed by atoms with van der Waals surface area (Å²) in [7, 11) is 0. The van der Waals surface area contributed by atoms with Crippen LogP contribution in [0, 0.1) is 6.92 Å². The SMILES string of the molecule is Cc1ccc(COc2nsc(NC(=O)NCCNC(C)C)c2C(=O)O)cc1. The molecule has 0 aliphatic rings. The number of aryl methyl sites for hydroxylation is 1. The molecule has 0 aliphatic carbocycles. The monoisotopic (exact) mass is 392 g/mol. The van der Waals surface area contributed by atoms with E-state index in [1.807, 2.05) is 45.0 Å². The van der Waals surface area contributed by atoms with Gasteiger partial charge in [-0.05, 0) is 24.0 Å². The van der Waals surface area contributed by atoms with Gasteiger partial charge in [-0.15, -0.1) is 0 Å². The fraction of sp³-hybridized carbons (Fsp3) is 0.389. The Labute approximate surface area is 162 Å². The van der Waals surface area contributed by atoms with Gasteiger partial charge in [-0.1, -0.05) is 43.7 Å². The molecule has 0 unspecified atom stereocenters. The summed E-state index contributed by atoms with van der Waals surface area (Å²) >= 11 is 0.871. The number of urea groups is 1. The van der Waals surface area contributed by atoms with Crippen LogP contribution >= 0.6 is 11.5 Å². The van der Waals surface area contributed by atoms with Gasteiger partial charge in [-0.25, -0.2) is 9.59 Å². The van der Waals surface area contributed by atoms with E-state index >= 15 is 0 Å². The second-order valence-corrected chi connectivity index (χ2v) is 7.03. The van der Waals surface area contributed by atoms with Crippen molar-refractivity contribution >= 4 is 28.5 Å². The van der Waals surface area contributed by atoms with Gasteiger partial charge in [0, 0.05) is 19.1 Å². The molecule has 0 spiro atoms. The van der Waals surface area contributed by atoms with Gasteiger partial charge >= 0.3 is 12.0 Å². The fourth-order valence-corrected chi connectivity index (χ4v) is 2.89. The van der Waals surface area contributed by atoms with Crippen molar-refractivity contribution in [3.8, 4) is 5.88 Å². The molecule has 0 aliphatic heterocycles. The minimum Gasteiger partial charge on any atom is -0.477 e. The number of hydrogen-bond donors (Lipinski definition) is 4. The number of anilines is 1. The first-order valence-electron chi connectivity index (χ1n) is 8.56. The highest BCUT2D eigenvalue weighted by atomic mass is 32.1. The lowest BCUT2D eigenvalue weighted by Gasteiger charge is -2.10. The van der Waals surface area contributed by atoms with Crippen LogP contribution in [0.5, 0.6) is 5.88 Å². The Bertz CT molecular complexity index is 774. The molecule has 0 radical (unpaired) electrons. The molecule has 9 heteroatoms. The average molecular weight is 392 g/mol. The van der Waals surface area contributed by atoms with Gasteiger partial charge in [0.2, 0.25) is 5.88 Å². The number of rotatable bonds is 9. The molecular weight excluding hydrogens is 368 g/mol. The minimum absolute atomic E-state index is 0.00940. The summed E-state index contributed by atoms with van der Waals surface area (Å²) in [6.45, 7) is 7.22. The van der Waals surface area contributed by atoms with E-state index in [-0.39, 0.29) is 23.1 Å². The Morgan fingerprint density at radius 2 is 1.93 bits per heavy atom. The van der Waals surface area contributed by atoms with E-state index < -0.39 is 12.0 Å². The number of carbonyl (C=O) groups excluding carboxylic acids is 1. The summed E-state index contributed by atoms with van der Waals surface area (Å²) in [6, 6.07) is 7.53. The number of carbonyl (C=O) groups is 2. The lowest BCUT2D eigenvalue weighted by atomic mass is 10.2. The van der Waals surface area contributed by atoms with Gasteiger partial charge in [0.1, 0.15) is 11.6 Å². The number of benzene rings is 1. The molecule has 27 heavy (non-hydrogen) atoms. The highest BCUT2D eigenvalue weighted by Gasteiger charge is 2.23. The van der Waals surface area contributed by atoms with Crippen LogP contribution in [0.1, 0.15) is 35.3 Å². The Kier molecular flexibility index (Phi) is 7.56. The van der Waals surface area contributed by atoms with Crippen LogP contribution in [0.25, 0.3) is 0 Å². The number of carboxylic acid groups (broad SMARTS) is 1. The molecule has 1 aromatic heterocycles. The van der Waals surface area contributed by atoms with Crippen LogP contribution < -0.4 is 20.7 Å². The molecule has 0 fully saturated rings. The third kappa shape index (κ3) is 6.54. The van der Waals surface area contributed by atoms with Gasteiger partial charge < -0.3 is 20.5 Å². The molecular formula is C18H24N4O4S. The first-order chi connectivity index (χ1) is 12.9. The van der Waals surface area contributed by atoms with Crippen molar-refractivity contribution in [2.24, 2.45) is 0 Å². The predicted octanol–water partition coefficient (Wildman–Crippen LogP) is 2.85. The van der Waals surface area contributed by atoms with E-state index in [1.54, 1.807) is 0 Å². The number of nitrogens with one attached hydrogen (secondary N) is 3. The summed E-state index contributed by atoms with van der Waals surface area (Å²) in [6.07, 6.45) is 0. The molecule has 2 rings (SSSR count).